The Balaban J connectivity index is 1.48. The summed E-state index contributed by atoms with van der Waals surface area (Å²) in [5, 5.41) is 11.7. The van der Waals surface area contributed by atoms with Crippen molar-refractivity contribution in [2.24, 2.45) is 5.92 Å². The molecule has 1 N–H and O–H groups in total. The fraction of sp³-hybridized carbons (Fsp3) is 0.263. The fourth-order valence-electron chi connectivity index (χ4n) is 2.64. The highest BCUT2D eigenvalue weighted by atomic mass is 16.5. The summed E-state index contributed by atoms with van der Waals surface area (Å²) in [4.78, 5) is 28.6. The maximum Gasteiger partial charge on any atom is 0.329 e. The summed E-state index contributed by atoms with van der Waals surface area (Å²) >= 11 is 0. The molecule has 1 aliphatic carbocycles. The zero-order chi connectivity index (χ0) is 18.8. The number of amides is 3. The normalized spacial score (nSPS) is 16.0. The number of aromatic nitrogens is 1. The van der Waals surface area contributed by atoms with Crippen LogP contribution in [0.25, 0.3) is 0 Å². The van der Waals surface area contributed by atoms with E-state index in [1.54, 1.807) is 30.3 Å². The van der Waals surface area contributed by atoms with Gasteiger partial charge < -0.3 is 14.8 Å². The Morgan fingerprint density at radius 1 is 1.26 bits per heavy atom. The van der Waals surface area contributed by atoms with Gasteiger partial charge in [-0.2, -0.15) is 5.26 Å². The van der Waals surface area contributed by atoms with E-state index in [0.717, 1.165) is 17.7 Å². The van der Waals surface area contributed by atoms with Crippen LogP contribution in [0, 0.1) is 17.2 Å². The number of nitrogens with zero attached hydrogens (tertiary/aromatic N) is 3. The third-order valence-corrected chi connectivity index (χ3v) is 4.29. The molecule has 3 amide bonds. The average Bonchev–Trinajstić information content (AvgIpc) is 3.45. The van der Waals surface area contributed by atoms with Crippen molar-refractivity contribution in [3.8, 4) is 23.4 Å². The van der Waals surface area contributed by atoms with Crippen LogP contribution in [-0.4, -0.2) is 30.1 Å². The molecule has 1 saturated carbocycles. The topological polar surface area (TPSA) is 105 Å². The quantitative estimate of drug-likeness (QED) is 0.790. The van der Waals surface area contributed by atoms with Gasteiger partial charge in [-0.15, -0.1) is 0 Å². The van der Waals surface area contributed by atoms with Crippen LogP contribution in [0.1, 0.15) is 18.4 Å². The van der Waals surface area contributed by atoms with Crippen molar-refractivity contribution in [1.82, 2.24) is 10.3 Å². The van der Waals surface area contributed by atoms with Gasteiger partial charge in [0, 0.05) is 12.1 Å². The van der Waals surface area contributed by atoms with Crippen molar-refractivity contribution in [1.29, 1.82) is 5.26 Å². The first-order chi connectivity index (χ1) is 13.1. The fourth-order valence-corrected chi connectivity index (χ4v) is 2.64. The third-order valence-electron chi connectivity index (χ3n) is 4.29. The van der Waals surface area contributed by atoms with Crippen LogP contribution in [0.2, 0.25) is 0 Å². The lowest BCUT2D eigenvalue weighted by atomic mass is 10.2. The number of hydrogen-bond donors (Lipinski definition) is 1. The number of benzene rings is 1. The van der Waals surface area contributed by atoms with E-state index in [1.165, 1.54) is 6.20 Å². The van der Waals surface area contributed by atoms with E-state index >= 15 is 0 Å². The van der Waals surface area contributed by atoms with Gasteiger partial charge in [0.25, 0.3) is 5.91 Å². The van der Waals surface area contributed by atoms with Crippen LogP contribution in [0.3, 0.4) is 0 Å². The number of nitrogens with one attached hydrogen (secondary N) is 1. The SMILES string of the molecule is N#Cc1ccc(Oc2ccc(N3C(=O)CNC3=O)cn2)cc1OCC1CC1. The number of imide groups is 1. The maximum absolute atomic E-state index is 11.7. The molecule has 1 saturated heterocycles. The first-order valence-corrected chi connectivity index (χ1v) is 8.55. The predicted molar refractivity (Wildman–Crippen MR) is 94.6 cm³/mol. The van der Waals surface area contributed by atoms with Gasteiger partial charge in [0.1, 0.15) is 17.6 Å². The summed E-state index contributed by atoms with van der Waals surface area (Å²) in [6.07, 6.45) is 3.71. The Morgan fingerprint density at radius 3 is 2.74 bits per heavy atom. The second-order valence-corrected chi connectivity index (χ2v) is 6.37. The predicted octanol–water partition coefficient (Wildman–Crippen LogP) is 2.59. The minimum atomic E-state index is -0.472. The number of ether oxygens (including phenoxy) is 2. The molecule has 1 aliphatic heterocycles. The van der Waals surface area contributed by atoms with Crippen LogP contribution >= 0.6 is 0 Å². The smallest absolute Gasteiger partial charge is 0.329 e. The molecule has 2 aromatic rings. The molecule has 4 rings (SSSR count). The zero-order valence-electron chi connectivity index (χ0n) is 14.3. The molecule has 1 aromatic heterocycles. The highest BCUT2D eigenvalue weighted by molar-refractivity contribution is 6.19. The molecular formula is C19H16N4O4. The van der Waals surface area contributed by atoms with Crippen LogP contribution in [0.15, 0.2) is 36.5 Å². The van der Waals surface area contributed by atoms with Gasteiger partial charge in [0.2, 0.25) is 5.88 Å². The number of hydrogen-bond acceptors (Lipinski definition) is 6. The zero-order valence-corrected chi connectivity index (χ0v) is 14.3. The standard InChI is InChI=1S/C19H16N4O4/c20-8-13-3-5-15(7-16(13)26-11-12-1-2-12)27-17-6-4-14(9-21-17)23-18(24)10-22-19(23)25/h3-7,9,12H,1-2,10-11H2,(H,22,25). The molecular weight excluding hydrogens is 348 g/mol. The van der Waals surface area contributed by atoms with E-state index in [0.29, 0.717) is 41.2 Å². The monoisotopic (exact) mass is 364 g/mol. The third kappa shape index (κ3) is 3.67. The van der Waals surface area contributed by atoms with E-state index in [9.17, 15) is 14.9 Å². The highest BCUT2D eigenvalue weighted by Gasteiger charge is 2.30. The Labute approximate surface area is 155 Å². The lowest BCUT2D eigenvalue weighted by molar-refractivity contribution is -0.115. The Bertz CT molecular complexity index is 916. The second kappa shape index (κ2) is 6.96. The van der Waals surface area contributed by atoms with Gasteiger partial charge in [-0.3, -0.25) is 4.79 Å². The largest absolute Gasteiger partial charge is 0.492 e. The van der Waals surface area contributed by atoms with Crippen LogP contribution in [0.5, 0.6) is 17.4 Å². The highest BCUT2D eigenvalue weighted by Crippen LogP contribution is 2.32. The lowest BCUT2D eigenvalue weighted by Gasteiger charge is -2.13. The van der Waals surface area contributed by atoms with Crippen LogP contribution in [0.4, 0.5) is 10.5 Å². The van der Waals surface area contributed by atoms with Gasteiger partial charge in [-0.25, -0.2) is 14.7 Å². The number of carbonyl (C=O) groups excluding carboxylic acids is 2. The number of pyridine rings is 1. The molecule has 2 heterocycles. The minimum Gasteiger partial charge on any atom is -0.492 e. The molecule has 0 atom stereocenters. The molecule has 0 radical (unpaired) electrons. The number of carbonyl (C=O) groups is 2. The molecule has 2 aliphatic rings. The maximum atomic E-state index is 11.7. The first kappa shape index (κ1) is 16.8. The Morgan fingerprint density at radius 2 is 2.11 bits per heavy atom. The minimum absolute atomic E-state index is 0.0219. The average molecular weight is 364 g/mol. The summed E-state index contributed by atoms with van der Waals surface area (Å²) in [5.74, 6) is 1.50. The molecule has 136 valence electrons. The van der Waals surface area contributed by atoms with Crippen molar-refractivity contribution in [3.63, 3.8) is 0 Å². The van der Waals surface area contributed by atoms with Crippen molar-refractivity contribution in [2.75, 3.05) is 18.1 Å². The number of urea groups is 1. The molecule has 0 bridgehead atoms. The second-order valence-electron chi connectivity index (χ2n) is 6.37. The van der Waals surface area contributed by atoms with E-state index < -0.39 is 6.03 Å². The van der Waals surface area contributed by atoms with Gasteiger partial charge >= 0.3 is 6.03 Å². The van der Waals surface area contributed by atoms with Crippen molar-refractivity contribution in [3.05, 3.63) is 42.1 Å². The molecule has 0 unspecified atom stereocenters. The van der Waals surface area contributed by atoms with E-state index in [2.05, 4.69) is 16.4 Å². The molecule has 2 fully saturated rings. The molecule has 0 spiro atoms. The molecule has 27 heavy (non-hydrogen) atoms. The summed E-state index contributed by atoms with van der Waals surface area (Å²) in [6.45, 7) is 0.572. The number of anilines is 1. The summed E-state index contributed by atoms with van der Waals surface area (Å²) in [7, 11) is 0. The number of nitriles is 1. The molecule has 8 heteroatoms. The first-order valence-electron chi connectivity index (χ1n) is 8.55. The van der Waals surface area contributed by atoms with Crippen LogP contribution < -0.4 is 19.7 Å². The Kier molecular flexibility index (Phi) is 4.34. The summed E-state index contributed by atoms with van der Waals surface area (Å²) in [6, 6.07) is 9.74. The van der Waals surface area contributed by atoms with Gasteiger partial charge in [-0.05, 0) is 37.0 Å². The molecule has 8 nitrogen and oxygen atoms in total. The van der Waals surface area contributed by atoms with Gasteiger partial charge in [0.05, 0.1) is 30.6 Å². The Hall–Kier alpha value is -3.60. The number of rotatable bonds is 6. The van der Waals surface area contributed by atoms with Gasteiger partial charge in [0.15, 0.2) is 0 Å². The van der Waals surface area contributed by atoms with Crippen molar-refractivity contribution < 1.29 is 19.1 Å². The van der Waals surface area contributed by atoms with Gasteiger partial charge in [-0.1, -0.05) is 0 Å². The van der Waals surface area contributed by atoms with Crippen molar-refractivity contribution >= 4 is 17.6 Å². The van der Waals surface area contributed by atoms with E-state index in [1.807, 2.05) is 0 Å². The molecule has 1 aromatic carbocycles. The van der Waals surface area contributed by atoms with Crippen molar-refractivity contribution in [2.45, 2.75) is 12.8 Å². The summed E-state index contributed by atoms with van der Waals surface area (Å²) in [5.41, 5.74) is 0.820. The van der Waals surface area contributed by atoms with E-state index in [4.69, 9.17) is 9.47 Å². The van der Waals surface area contributed by atoms with E-state index in [-0.39, 0.29) is 12.5 Å². The van der Waals surface area contributed by atoms with Crippen LogP contribution in [-0.2, 0) is 4.79 Å². The summed E-state index contributed by atoms with van der Waals surface area (Å²) < 4.78 is 11.4. The lowest BCUT2D eigenvalue weighted by Crippen LogP contribution is -2.30.